The molecular formula is C22H21Cl2N5O5S. The van der Waals surface area contributed by atoms with Crippen LogP contribution >= 0.6 is 23.2 Å². The van der Waals surface area contributed by atoms with Crippen LogP contribution < -0.4 is 10.5 Å². The zero-order chi connectivity index (χ0) is 24.9. The van der Waals surface area contributed by atoms with Gasteiger partial charge in [0.15, 0.2) is 5.65 Å². The molecule has 5 rings (SSSR count). The second kappa shape index (κ2) is 9.17. The number of benzene rings is 2. The Hall–Kier alpha value is -2.51. The quantitative estimate of drug-likeness (QED) is 0.292. The van der Waals surface area contributed by atoms with Gasteiger partial charge in [-0.05, 0) is 23.9 Å². The SMILES string of the molecule is NS(=O)(=O)OCC1C[C@@H](Nc2ccnc3cc(-c4c(Cl)cc(Cl)c5ccccc45)nn23)[C@H](O)[C@@H]1O. The van der Waals surface area contributed by atoms with Gasteiger partial charge in [0.1, 0.15) is 11.9 Å². The summed E-state index contributed by atoms with van der Waals surface area (Å²) >= 11 is 12.9. The molecule has 10 nitrogen and oxygen atoms in total. The van der Waals surface area contributed by atoms with Gasteiger partial charge in [-0.1, -0.05) is 47.5 Å². The number of nitrogens with zero attached hydrogens (tertiary/aromatic N) is 3. The van der Waals surface area contributed by atoms with Crippen LogP contribution in [0, 0.1) is 5.92 Å². The molecular weight excluding hydrogens is 517 g/mol. The molecule has 5 N–H and O–H groups in total. The van der Waals surface area contributed by atoms with E-state index in [0.29, 0.717) is 32.8 Å². The first-order chi connectivity index (χ1) is 16.6. The van der Waals surface area contributed by atoms with Crippen LogP contribution in [0.25, 0.3) is 27.7 Å². The van der Waals surface area contributed by atoms with Crippen LogP contribution in [-0.2, 0) is 14.5 Å². The van der Waals surface area contributed by atoms with E-state index in [0.717, 1.165) is 10.8 Å². The van der Waals surface area contributed by atoms with Crippen molar-refractivity contribution in [1.29, 1.82) is 0 Å². The summed E-state index contributed by atoms with van der Waals surface area (Å²) in [6, 6.07) is 12.1. The second-order valence-electron chi connectivity index (χ2n) is 8.40. The van der Waals surface area contributed by atoms with E-state index < -0.39 is 34.5 Å². The van der Waals surface area contributed by atoms with Gasteiger partial charge in [0.2, 0.25) is 0 Å². The lowest BCUT2D eigenvalue weighted by molar-refractivity contribution is 0.00777. The molecule has 184 valence electrons. The molecule has 4 aromatic rings. The Morgan fingerprint density at radius 3 is 2.60 bits per heavy atom. The zero-order valence-electron chi connectivity index (χ0n) is 18.0. The molecule has 0 bridgehead atoms. The van der Waals surface area contributed by atoms with Crippen LogP contribution in [0.15, 0.2) is 48.7 Å². The van der Waals surface area contributed by atoms with Crippen molar-refractivity contribution in [3.8, 4) is 11.3 Å². The van der Waals surface area contributed by atoms with Crippen molar-refractivity contribution in [2.24, 2.45) is 11.1 Å². The highest BCUT2D eigenvalue weighted by atomic mass is 35.5. The molecule has 0 amide bonds. The molecule has 0 radical (unpaired) electrons. The molecule has 35 heavy (non-hydrogen) atoms. The second-order valence-corrected chi connectivity index (χ2v) is 10.4. The van der Waals surface area contributed by atoms with Crippen LogP contribution in [0.4, 0.5) is 5.82 Å². The lowest BCUT2D eigenvalue weighted by atomic mass is 10.0. The smallest absolute Gasteiger partial charge is 0.333 e. The van der Waals surface area contributed by atoms with Gasteiger partial charge in [0, 0.05) is 34.2 Å². The normalized spacial score (nSPS) is 22.8. The number of nitrogens with two attached hydrogens (primary N) is 1. The molecule has 13 heteroatoms. The van der Waals surface area contributed by atoms with E-state index in [4.69, 9.17) is 33.4 Å². The summed E-state index contributed by atoms with van der Waals surface area (Å²) in [7, 11) is -4.16. The van der Waals surface area contributed by atoms with Crippen molar-refractivity contribution in [3.63, 3.8) is 0 Å². The van der Waals surface area contributed by atoms with Crippen molar-refractivity contribution in [2.75, 3.05) is 11.9 Å². The van der Waals surface area contributed by atoms with Gasteiger partial charge < -0.3 is 15.5 Å². The Kier molecular flexibility index (Phi) is 6.34. The summed E-state index contributed by atoms with van der Waals surface area (Å²) in [6.07, 6.45) is -0.538. The van der Waals surface area contributed by atoms with Crippen molar-refractivity contribution < 1.29 is 22.8 Å². The Bertz CT molecular complexity index is 1530. The van der Waals surface area contributed by atoms with E-state index in [1.54, 1.807) is 28.9 Å². The molecule has 4 atom stereocenters. The number of aliphatic hydroxyl groups is 2. The first-order valence-corrected chi connectivity index (χ1v) is 12.9. The third kappa shape index (κ3) is 4.68. The maximum Gasteiger partial charge on any atom is 0.333 e. The van der Waals surface area contributed by atoms with Gasteiger partial charge in [-0.25, -0.2) is 10.1 Å². The molecule has 1 unspecified atom stereocenters. The zero-order valence-corrected chi connectivity index (χ0v) is 20.4. The molecule has 1 saturated carbocycles. The summed E-state index contributed by atoms with van der Waals surface area (Å²) < 4.78 is 28.4. The fraction of sp³-hybridized carbons (Fsp3) is 0.273. The van der Waals surface area contributed by atoms with Gasteiger partial charge in [-0.3, -0.25) is 4.18 Å². The minimum Gasteiger partial charge on any atom is -0.390 e. The number of hydrogen-bond acceptors (Lipinski definition) is 8. The molecule has 1 aliphatic rings. The molecule has 0 saturated heterocycles. The molecule has 2 aromatic heterocycles. The van der Waals surface area contributed by atoms with Crippen LogP contribution in [-0.4, -0.2) is 58.1 Å². The molecule has 1 aliphatic carbocycles. The third-order valence-electron chi connectivity index (χ3n) is 6.14. The van der Waals surface area contributed by atoms with E-state index in [2.05, 4.69) is 14.5 Å². The summed E-state index contributed by atoms with van der Waals surface area (Å²) in [4.78, 5) is 4.37. The van der Waals surface area contributed by atoms with Gasteiger partial charge in [0.05, 0.1) is 29.5 Å². The highest BCUT2D eigenvalue weighted by Gasteiger charge is 2.42. The summed E-state index contributed by atoms with van der Waals surface area (Å²) in [5.74, 6) is -0.120. The number of hydrogen-bond donors (Lipinski definition) is 4. The Balaban J connectivity index is 1.48. The minimum absolute atomic E-state index is 0.240. The average Bonchev–Trinajstić information content (AvgIpc) is 3.34. The number of halogens is 2. The third-order valence-corrected chi connectivity index (χ3v) is 7.22. The number of nitrogens with one attached hydrogen (secondary N) is 1. The monoisotopic (exact) mass is 537 g/mol. The fourth-order valence-corrected chi connectivity index (χ4v) is 5.49. The van der Waals surface area contributed by atoms with Crippen LogP contribution in [0.2, 0.25) is 10.0 Å². The lowest BCUT2D eigenvalue weighted by Gasteiger charge is -2.19. The minimum atomic E-state index is -4.16. The maximum atomic E-state index is 11.1. The standard InChI is InChI=1S/C22H21Cl2N5O5S/c23-14-8-15(24)20(13-4-2-1-3-12(13)14)16-9-19-26-6-5-18(29(19)28-16)27-17-7-11(21(30)22(17)31)10-34-35(25,32)33/h1-6,8-9,11,17,21-22,27,30-31H,7,10H2,(H2,25,32,33)/t11?,17-,21-,22+/m1/s1. The van der Waals surface area contributed by atoms with E-state index in [1.807, 2.05) is 24.3 Å². The van der Waals surface area contributed by atoms with Crippen LogP contribution in [0.5, 0.6) is 0 Å². The number of aromatic nitrogens is 3. The highest BCUT2D eigenvalue weighted by molar-refractivity contribution is 7.84. The molecule has 0 spiro atoms. The largest absolute Gasteiger partial charge is 0.390 e. The highest BCUT2D eigenvalue weighted by Crippen LogP contribution is 2.39. The molecule has 2 heterocycles. The number of fused-ring (bicyclic) bond motifs is 2. The lowest BCUT2D eigenvalue weighted by Crippen LogP contribution is -2.36. The van der Waals surface area contributed by atoms with Gasteiger partial charge in [0.25, 0.3) is 0 Å². The van der Waals surface area contributed by atoms with Crippen LogP contribution in [0.3, 0.4) is 0 Å². The molecule has 0 aliphatic heterocycles. The first kappa shape index (κ1) is 24.2. The Labute approximate surface area is 210 Å². The van der Waals surface area contributed by atoms with E-state index in [1.165, 1.54) is 0 Å². The van der Waals surface area contributed by atoms with Gasteiger partial charge in [-0.2, -0.15) is 18.0 Å². The van der Waals surface area contributed by atoms with Gasteiger partial charge >= 0.3 is 10.3 Å². The predicted molar refractivity (Wildman–Crippen MR) is 133 cm³/mol. The van der Waals surface area contributed by atoms with Crippen molar-refractivity contribution in [3.05, 3.63) is 58.7 Å². The first-order valence-electron chi connectivity index (χ1n) is 10.6. The van der Waals surface area contributed by atoms with E-state index in [-0.39, 0.29) is 13.0 Å². The maximum absolute atomic E-state index is 11.1. The Morgan fingerprint density at radius 2 is 1.86 bits per heavy atom. The number of aliphatic hydroxyl groups excluding tert-OH is 2. The summed E-state index contributed by atoms with van der Waals surface area (Å²) in [5, 5.41) is 36.3. The predicted octanol–water partition coefficient (Wildman–Crippen LogP) is 2.60. The Morgan fingerprint density at radius 1 is 1.11 bits per heavy atom. The van der Waals surface area contributed by atoms with Crippen molar-refractivity contribution in [2.45, 2.75) is 24.7 Å². The fourth-order valence-electron chi connectivity index (χ4n) is 4.49. The molecule has 2 aromatic carbocycles. The van der Waals surface area contributed by atoms with Crippen molar-refractivity contribution >= 4 is 55.7 Å². The van der Waals surface area contributed by atoms with E-state index >= 15 is 0 Å². The van der Waals surface area contributed by atoms with E-state index in [9.17, 15) is 18.6 Å². The number of rotatable bonds is 6. The average molecular weight is 538 g/mol. The summed E-state index contributed by atoms with van der Waals surface area (Å²) in [5.41, 5.74) is 1.82. The van der Waals surface area contributed by atoms with Gasteiger partial charge in [-0.15, -0.1) is 0 Å². The topological polar surface area (TPSA) is 152 Å². The summed E-state index contributed by atoms with van der Waals surface area (Å²) in [6.45, 7) is -0.338. The molecule has 1 fully saturated rings. The van der Waals surface area contributed by atoms with Crippen LogP contribution in [0.1, 0.15) is 6.42 Å². The van der Waals surface area contributed by atoms with Crippen molar-refractivity contribution in [1.82, 2.24) is 14.6 Å². The number of anilines is 1.